The van der Waals surface area contributed by atoms with Gasteiger partial charge in [-0.05, 0) is 31.7 Å². The van der Waals surface area contributed by atoms with Crippen LogP contribution in [0.25, 0.3) is 0 Å². The average molecular weight is 338 g/mol. The van der Waals surface area contributed by atoms with Crippen molar-refractivity contribution in [1.82, 2.24) is 9.21 Å². The van der Waals surface area contributed by atoms with E-state index < -0.39 is 10.0 Å². The highest BCUT2D eigenvalue weighted by Crippen LogP contribution is 2.27. The van der Waals surface area contributed by atoms with Crippen molar-refractivity contribution >= 4 is 10.0 Å². The van der Waals surface area contributed by atoms with Gasteiger partial charge in [-0.3, -0.25) is 4.90 Å². The quantitative estimate of drug-likeness (QED) is 0.845. The van der Waals surface area contributed by atoms with Crippen molar-refractivity contribution in [3.63, 3.8) is 0 Å². The van der Waals surface area contributed by atoms with Gasteiger partial charge in [0.1, 0.15) is 12.4 Å². The van der Waals surface area contributed by atoms with Gasteiger partial charge in [-0.2, -0.15) is 0 Å². The zero-order chi connectivity index (χ0) is 16.4. The van der Waals surface area contributed by atoms with Crippen LogP contribution in [0.4, 0.5) is 0 Å². The number of piperidine rings is 1. The van der Waals surface area contributed by atoms with Gasteiger partial charge in [0, 0.05) is 37.8 Å². The average Bonchev–Trinajstić information content (AvgIpc) is 2.67. The van der Waals surface area contributed by atoms with Crippen LogP contribution in [0, 0.1) is 5.92 Å². The number of hydrogen-bond acceptors (Lipinski definition) is 4. The van der Waals surface area contributed by atoms with Crippen LogP contribution in [0.2, 0.25) is 0 Å². The third-order valence-electron chi connectivity index (χ3n) is 4.89. The smallest absolute Gasteiger partial charge is 0.211 e. The Hall–Kier alpha value is -1.11. The van der Waals surface area contributed by atoms with Crippen LogP contribution in [-0.2, 0) is 16.6 Å². The van der Waals surface area contributed by atoms with Crippen LogP contribution >= 0.6 is 0 Å². The minimum absolute atomic E-state index is 0.330. The van der Waals surface area contributed by atoms with Gasteiger partial charge in [0.05, 0.1) is 6.26 Å². The Kier molecular flexibility index (Phi) is 4.94. The number of nitrogens with zero attached hydrogens (tertiary/aromatic N) is 2. The topological polar surface area (TPSA) is 49.9 Å². The summed E-state index contributed by atoms with van der Waals surface area (Å²) in [5.41, 5.74) is 1.22. The van der Waals surface area contributed by atoms with Crippen molar-refractivity contribution < 1.29 is 13.2 Å². The first kappa shape index (κ1) is 16.7. The summed E-state index contributed by atoms with van der Waals surface area (Å²) in [6, 6.07) is 8.52. The molecule has 1 saturated heterocycles. The molecule has 6 heteroatoms. The minimum Gasteiger partial charge on any atom is -0.492 e. The molecule has 1 aromatic rings. The molecule has 1 aromatic carbocycles. The predicted molar refractivity (Wildman–Crippen MR) is 90.9 cm³/mol. The van der Waals surface area contributed by atoms with Crippen LogP contribution in [0.5, 0.6) is 5.75 Å². The zero-order valence-electron chi connectivity index (χ0n) is 13.9. The summed E-state index contributed by atoms with van der Waals surface area (Å²) in [6.45, 7) is 5.96. The van der Waals surface area contributed by atoms with E-state index in [1.54, 1.807) is 4.31 Å². The lowest BCUT2D eigenvalue weighted by molar-refractivity contribution is 0.117. The molecule has 2 aliphatic rings. The molecule has 2 atom stereocenters. The summed E-state index contributed by atoms with van der Waals surface area (Å²) in [5, 5.41) is 0. The number of fused-ring (bicyclic) bond motifs is 1. The molecule has 0 N–H and O–H groups in total. The third kappa shape index (κ3) is 4.05. The minimum atomic E-state index is -3.08. The molecule has 5 nitrogen and oxygen atoms in total. The fourth-order valence-electron chi connectivity index (χ4n) is 3.52. The van der Waals surface area contributed by atoms with E-state index in [9.17, 15) is 8.42 Å². The highest BCUT2D eigenvalue weighted by atomic mass is 32.2. The van der Waals surface area contributed by atoms with E-state index in [-0.39, 0.29) is 0 Å². The maximum atomic E-state index is 11.8. The molecule has 0 aromatic heterocycles. The summed E-state index contributed by atoms with van der Waals surface area (Å²) in [5.74, 6) is 1.37. The molecule has 1 fully saturated rings. The van der Waals surface area contributed by atoms with Crippen LogP contribution in [0.15, 0.2) is 24.3 Å². The highest BCUT2D eigenvalue weighted by molar-refractivity contribution is 7.88. The normalized spacial score (nSPS) is 27.0. The highest BCUT2D eigenvalue weighted by Gasteiger charge is 2.29. The van der Waals surface area contributed by atoms with Crippen molar-refractivity contribution in [1.29, 1.82) is 0 Å². The lowest BCUT2D eigenvalue weighted by Gasteiger charge is -2.35. The molecule has 0 aliphatic carbocycles. The van der Waals surface area contributed by atoms with Gasteiger partial charge in [0.25, 0.3) is 0 Å². The molecule has 3 rings (SSSR count). The molecule has 2 heterocycles. The molecule has 2 aliphatic heterocycles. The maximum Gasteiger partial charge on any atom is 0.211 e. The van der Waals surface area contributed by atoms with E-state index >= 15 is 0 Å². The van der Waals surface area contributed by atoms with Gasteiger partial charge in [-0.1, -0.05) is 18.2 Å². The van der Waals surface area contributed by atoms with Crippen molar-refractivity contribution in [3.05, 3.63) is 29.8 Å². The second-order valence-electron chi connectivity index (χ2n) is 6.83. The number of benzene rings is 1. The Balaban J connectivity index is 1.69. The Morgan fingerprint density at radius 3 is 2.87 bits per heavy atom. The van der Waals surface area contributed by atoms with Crippen molar-refractivity contribution in [3.8, 4) is 5.75 Å². The van der Waals surface area contributed by atoms with Gasteiger partial charge < -0.3 is 4.74 Å². The molecule has 23 heavy (non-hydrogen) atoms. The second kappa shape index (κ2) is 6.79. The van der Waals surface area contributed by atoms with Gasteiger partial charge in [-0.25, -0.2) is 12.7 Å². The van der Waals surface area contributed by atoms with E-state index in [1.165, 1.54) is 11.8 Å². The Morgan fingerprint density at radius 2 is 2.09 bits per heavy atom. The van der Waals surface area contributed by atoms with Gasteiger partial charge in [0.2, 0.25) is 10.0 Å². The number of sulfonamides is 1. The third-order valence-corrected chi connectivity index (χ3v) is 6.16. The first-order valence-corrected chi connectivity index (χ1v) is 10.2. The maximum absolute atomic E-state index is 11.8. The molecule has 0 unspecified atom stereocenters. The molecular weight excluding hydrogens is 312 g/mol. The molecule has 0 radical (unpaired) electrons. The molecule has 0 spiro atoms. The van der Waals surface area contributed by atoms with Crippen molar-refractivity contribution in [2.24, 2.45) is 5.92 Å². The van der Waals surface area contributed by atoms with Crippen LogP contribution in [-0.4, -0.2) is 56.2 Å². The fourth-order valence-corrected chi connectivity index (χ4v) is 4.46. The molecule has 0 amide bonds. The van der Waals surface area contributed by atoms with E-state index in [1.807, 2.05) is 18.2 Å². The first-order valence-electron chi connectivity index (χ1n) is 8.33. The van der Waals surface area contributed by atoms with Crippen LogP contribution < -0.4 is 4.74 Å². The number of ether oxygens (including phenoxy) is 1. The number of rotatable bonds is 3. The lowest BCUT2D eigenvalue weighted by Crippen LogP contribution is -2.45. The SMILES string of the molecule is C[C@H]1COc2ccccc2CN1C[C@@H]1CCCN(S(C)(=O)=O)C1. The van der Waals surface area contributed by atoms with Gasteiger partial charge in [0.15, 0.2) is 0 Å². The van der Waals surface area contributed by atoms with E-state index in [4.69, 9.17) is 4.74 Å². The van der Waals surface area contributed by atoms with E-state index in [0.29, 0.717) is 31.7 Å². The summed E-state index contributed by atoms with van der Waals surface area (Å²) in [7, 11) is -3.08. The monoisotopic (exact) mass is 338 g/mol. The van der Waals surface area contributed by atoms with Crippen LogP contribution in [0.1, 0.15) is 25.3 Å². The Morgan fingerprint density at radius 1 is 1.30 bits per heavy atom. The van der Waals surface area contributed by atoms with E-state index in [0.717, 1.165) is 31.7 Å². The van der Waals surface area contributed by atoms with E-state index in [2.05, 4.69) is 17.9 Å². The second-order valence-corrected chi connectivity index (χ2v) is 8.81. The fraction of sp³-hybridized carbons (Fsp3) is 0.647. The lowest BCUT2D eigenvalue weighted by atomic mass is 9.98. The molecule has 128 valence electrons. The summed E-state index contributed by atoms with van der Waals surface area (Å²) < 4.78 is 31.1. The Labute approximate surface area is 139 Å². The molecular formula is C17H26N2O3S. The summed E-state index contributed by atoms with van der Waals surface area (Å²) in [4.78, 5) is 2.43. The zero-order valence-corrected chi connectivity index (χ0v) is 14.8. The van der Waals surface area contributed by atoms with Crippen LogP contribution in [0.3, 0.4) is 0 Å². The number of para-hydroxylation sites is 1. The molecule has 0 bridgehead atoms. The van der Waals surface area contributed by atoms with Crippen molar-refractivity contribution in [2.75, 3.05) is 32.5 Å². The standard InChI is InChI=1S/C17H26N2O3S/c1-14-13-22-17-8-4-3-7-16(17)12-18(14)10-15-6-5-9-19(11-15)23(2,20)21/h3-4,7-8,14-15H,5-6,9-13H2,1-2H3/t14-,15-/m0/s1. The van der Waals surface area contributed by atoms with Gasteiger partial charge >= 0.3 is 0 Å². The largest absolute Gasteiger partial charge is 0.492 e. The predicted octanol–water partition coefficient (Wildman–Crippen LogP) is 1.94. The number of hydrogen-bond donors (Lipinski definition) is 0. The van der Waals surface area contributed by atoms with Gasteiger partial charge in [-0.15, -0.1) is 0 Å². The summed E-state index contributed by atoms with van der Waals surface area (Å²) >= 11 is 0. The first-order chi connectivity index (χ1) is 10.9. The summed E-state index contributed by atoms with van der Waals surface area (Å²) in [6.07, 6.45) is 3.36. The van der Waals surface area contributed by atoms with Crippen molar-refractivity contribution in [2.45, 2.75) is 32.4 Å². The molecule has 0 saturated carbocycles. The Bertz CT molecular complexity index is 647.